The van der Waals surface area contributed by atoms with Gasteiger partial charge in [0.1, 0.15) is 0 Å². The summed E-state index contributed by atoms with van der Waals surface area (Å²) in [6, 6.07) is 1.29. The molecule has 0 saturated carbocycles. The second kappa shape index (κ2) is 4.53. The fourth-order valence-electron chi connectivity index (χ4n) is 1.25. The first kappa shape index (κ1) is 12.2. The molecule has 0 amide bonds. The lowest BCUT2D eigenvalue weighted by Gasteiger charge is -1.95. The van der Waals surface area contributed by atoms with E-state index in [1.165, 1.54) is 17.7 Å². The second-order valence-electron chi connectivity index (χ2n) is 3.22. The minimum absolute atomic E-state index is 0.0975. The summed E-state index contributed by atoms with van der Waals surface area (Å²) in [6.07, 6.45) is 3.26. The Bertz CT molecular complexity index is 604. The molecule has 0 spiro atoms. The summed E-state index contributed by atoms with van der Waals surface area (Å²) in [5, 5.41) is 15.3. The molecule has 0 aromatic carbocycles. The lowest BCUT2D eigenvalue weighted by molar-refractivity contribution is -0.384. The second-order valence-corrected chi connectivity index (χ2v) is 5.49. The smallest absolute Gasteiger partial charge is 0.294 e. The van der Waals surface area contributed by atoms with Crippen LogP contribution in [0.3, 0.4) is 0 Å². The van der Waals surface area contributed by atoms with Gasteiger partial charge in [0.2, 0.25) is 0 Å². The van der Waals surface area contributed by atoms with E-state index in [1.54, 1.807) is 12.4 Å². The van der Waals surface area contributed by atoms with Crippen molar-refractivity contribution >= 4 is 45.4 Å². The molecule has 0 unspecified atom stereocenters. The number of aromatic nitrogens is 2. The largest absolute Gasteiger partial charge is 0.306 e. The predicted molar refractivity (Wildman–Crippen MR) is 70.8 cm³/mol. The van der Waals surface area contributed by atoms with E-state index in [9.17, 15) is 14.9 Å². The number of Topliss-reactive ketones (excluding diaryl/α,β-unsaturated/α-hetero) is 1. The highest BCUT2D eigenvalue weighted by Gasteiger charge is 2.22. The Balaban J connectivity index is 2.59. The van der Waals surface area contributed by atoms with Gasteiger partial charge in [-0.15, -0.1) is 11.3 Å². The van der Waals surface area contributed by atoms with Gasteiger partial charge in [0, 0.05) is 12.3 Å². The molecule has 0 fully saturated rings. The molecule has 0 aliphatic carbocycles. The van der Waals surface area contributed by atoms with Crippen LogP contribution in [0.4, 0.5) is 5.69 Å². The fraction of sp³-hybridized carbons (Fsp3) is 0.111. The van der Waals surface area contributed by atoms with Crippen LogP contribution in [0.15, 0.2) is 18.5 Å². The van der Waals surface area contributed by atoms with Crippen molar-refractivity contribution in [3.05, 3.63) is 37.0 Å². The van der Waals surface area contributed by atoms with Gasteiger partial charge in [-0.05, 0) is 29.5 Å². The van der Waals surface area contributed by atoms with E-state index in [0.29, 0.717) is 9.88 Å². The highest BCUT2D eigenvalue weighted by molar-refractivity contribution is 14.1. The van der Waals surface area contributed by atoms with Crippen molar-refractivity contribution in [1.82, 2.24) is 9.78 Å². The van der Waals surface area contributed by atoms with E-state index in [0.717, 1.165) is 14.9 Å². The van der Waals surface area contributed by atoms with Crippen LogP contribution >= 0.6 is 33.9 Å². The molecule has 0 aliphatic rings. The first-order valence-electron chi connectivity index (χ1n) is 4.48. The number of nitrogens with zero attached hydrogens (tertiary/aromatic N) is 3. The molecule has 2 rings (SSSR count). The van der Waals surface area contributed by atoms with Crippen molar-refractivity contribution in [1.29, 1.82) is 0 Å². The summed E-state index contributed by atoms with van der Waals surface area (Å²) in [6.45, 7) is 1.38. The van der Waals surface area contributed by atoms with Gasteiger partial charge in [-0.25, -0.2) is 4.68 Å². The zero-order valence-corrected chi connectivity index (χ0v) is 11.6. The Labute approximate surface area is 114 Å². The van der Waals surface area contributed by atoms with Crippen LogP contribution in [0, 0.1) is 13.7 Å². The third-order valence-corrected chi connectivity index (χ3v) is 3.77. The predicted octanol–water partition coefficient (Wildman–Crippen LogP) is 2.65. The van der Waals surface area contributed by atoms with Crippen LogP contribution in [0.2, 0.25) is 0 Å². The highest BCUT2D eigenvalue weighted by atomic mass is 127. The standard InChI is InChI=1S/C9H6IN3O3S/c1-5(14)8-2-7(13(15)16)9(17-8)12-4-6(10)3-11-12/h2-4H,1H3. The molecular formula is C9H6IN3O3S. The van der Waals surface area contributed by atoms with E-state index in [2.05, 4.69) is 27.7 Å². The van der Waals surface area contributed by atoms with E-state index in [4.69, 9.17) is 0 Å². The zero-order chi connectivity index (χ0) is 12.6. The Kier molecular flexibility index (Phi) is 3.24. The SMILES string of the molecule is CC(=O)c1cc([N+](=O)[O-])c(-n2cc(I)cn2)s1. The number of carbonyl (C=O) groups excluding carboxylic acids is 1. The Hall–Kier alpha value is -1.29. The summed E-state index contributed by atoms with van der Waals surface area (Å²) in [5.74, 6) is -0.189. The van der Waals surface area contributed by atoms with Gasteiger partial charge in [-0.2, -0.15) is 5.10 Å². The Morgan fingerprint density at radius 3 is 2.82 bits per heavy atom. The van der Waals surface area contributed by atoms with Crippen molar-refractivity contribution in [2.45, 2.75) is 6.92 Å². The van der Waals surface area contributed by atoms with Gasteiger partial charge in [0.15, 0.2) is 10.8 Å². The molecule has 6 nitrogen and oxygen atoms in total. The van der Waals surface area contributed by atoms with Crippen molar-refractivity contribution in [3.8, 4) is 5.00 Å². The summed E-state index contributed by atoms with van der Waals surface area (Å²) in [7, 11) is 0. The zero-order valence-electron chi connectivity index (χ0n) is 8.58. The van der Waals surface area contributed by atoms with E-state index >= 15 is 0 Å². The highest BCUT2D eigenvalue weighted by Crippen LogP contribution is 2.32. The molecule has 0 bridgehead atoms. The third kappa shape index (κ3) is 2.36. The van der Waals surface area contributed by atoms with Gasteiger partial charge >= 0.3 is 5.69 Å². The molecule has 0 aliphatic heterocycles. The number of carbonyl (C=O) groups is 1. The van der Waals surface area contributed by atoms with Gasteiger partial charge < -0.3 is 0 Å². The number of hydrogen-bond acceptors (Lipinski definition) is 5. The molecule has 2 heterocycles. The molecule has 2 aromatic rings. The first-order chi connectivity index (χ1) is 7.99. The molecule has 0 radical (unpaired) electrons. The maximum absolute atomic E-state index is 11.2. The normalized spacial score (nSPS) is 10.5. The van der Waals surface area contributed by atoms with Gasteiger partial charge in [-0.1, -0.05) is 0 Å². The fourth-order valence-corrected chi connectivity index (χ4v) is 2.59. The molecule has 2 aromatic heterocycles. The summed E-state index contributed by atoms with van der Waals surface area (Å²) < 4.78 is 2.28. The van der Waals surface area contributed by atoms with Crippen molar-refractivity contribution < 1.29 is 9.72 Å². The number of thiophene rings is 1. The first-order valence-corrected chi connectivity index (χ1v) is 6.38. The monoisotopic (exact) mass is 363 g/mol. The summed E-state index contributed by atoms with van der Waals surface area (Å²) >= 11 is 3.13. The maximum Gasteiger partial charge on any atom is 0.306 e. The van der Waals surface area contributed by atoms with Crippen LogP contribution in [-0.2, 0) is 0 Å². The number of rotatable bonds is 3. The molecule has 0 saturated heterocycles. The van der Waals surface area contributed by atoms with Gasteiger partial charge in [-0.3, -0.25) is 14.9 Å². The van der Waals surface area contributed by atoms with E-state index < -0.39 is 4.92 Å². The minimum atomic E-state index is -0.507. The van der Waals surface area contributed by atoms with Crippen LogP contribution < -0.4 is 0 Å². The molecule has 88 valence electrons. The van der Waals surface area contributed by atoms with Crippen LogP contribution in [0.5, 0.6) is 0 Å². The van der Waals surface area contributed by atoms with Crippen LogP contribution in [-0.4, -0.2) is 20.5 Å². The molecule has 17 heavy (non-hydrogen) atoms. The number of nitro groups is 1. The van der Waals surface area contributed by atoms with Crippen LogP contribution in [0.25, 0.3) is 5.00 Å². The van der Waals surface area contributed by atoms with E-state index in [-0.39, 0.29) is 11.5 Å². The molecule has 8 heteroatoms. The number of halogens is 1. The van der Waals surface area contributed by atoms with E-state index in [1.807, 2.05) is 0 Å². The third-order valence-electron chi connectivity index (χ3n) is 2.00. The molecular weight excluding hydrogens is 357 g/mol. The lowest BCUT2D eigenvalue weighted by atomic mass is 10.3. The van der Waals surface area contributed by atoms with Crippen molar-refractivity contribution in [2.75, 3.05) is 0 Å². The maximum atomic E-state index is 11.2. The topological polar surface area (TPSA) is 78.0 Å². The van der Waals surface area contributed by atoms with Crippen molar-refractivity contribution in [3.63, 3.8) is 0 Å². The average molecular weight is 363 g/mol. The van der Waals surface area contributed by atoms with Crippen molar-refractivity contribution in [2.24, 2.45) is 0 Å². The lowest BCUT2D eigenvalue weighted by Crippen LogP contribution is -1.95. The molecule has 0 atom stereocenters. The number of hydrogen-bond donors (Lipinski definition) is 0. The minimum Gasteiger partial charge on any atom is -0.294 e. The van der Waals surface area contributed by atoms with Crippen LogP contribution in [0.1, 0.15) is 16.6 Å². The summed E-state index contributed by atoms with van der Waals surface area (Å²) in [5.41, 5.74) is -0.0975. The average Bonchev–Trinajstić information content (AvgIpc) is 2.82. The molecule has 0 N–H and O–H groups in total. The Morgan fingerprint density at radius 2 is 2.35 bits per heavy atom. The van der Waals surface area contributed by atoms with Gasteiger partial charge in [0.05, 0.1) is 19.6 Å². The summed E-state index contributed by atoms with van der Waals surface area (Å²) in [4.78, 5) is 22.0. The Morgan fingerprint density at radius 1 is 1.65 bits per heavy atom. The van der Waals surface area contributed by atoms with Gasteiger partial charge in [0.25, 0.3) is 0 Å². The quantitative estimate of drug-likeness (QED) is 0.364. The number of ketones is 1.